The lowest BCUT2D eigenvalue weighted by molar-refractivity contribution is 0.250. The standard InChI is InChI=1S/C18H23N5O2S/c1-11(2)13(15-7-8-20-23(15)3)10-19-17(24)22-18-21-14-6-5-12(25-4)9-16(14)26-18/h5-9,11,13H,10H2,1-4H3,(H2,19,21,22,24)/t13-/m1/s1. The number of amides is 2. The number of benzene rings is 1. The Morgan fingerprint density at radius 1 is 1.35 bits per heavy atom. The maximum Gasteiger partial charge on any atom is 0.321 e. The molecule has 0 spiro atoms. The van der Waals surface area contributed by atoms with Crippen molar-refractivity contribution in [2.24, 2.45) is 13.0 Å². The van der Waals surface area contributed by atoms with Crippen LogP contribution in [0.15, 0.2) is 30.5 Å². The average molecular weight is 373 g/mol. The van der Waals surface area contributed by atoms with Crippen LogP contribution in [-0.4, -0.2) is 34.5 Å². The molecule has 1 aromatic carbocycles. The largest absolute Gasteiger partial charge is 0.497 e. The molecule has 0 aliphatic carbocycles. The van der Waals surface area contributed by atoms with Gasteiger partial charge < -0.3 is 10.1 Å². The van der Waals surface area contributed by atoms with Gasteiger partial charge in [0.15, 0.2) is 5.13 Å². The molecule has 2 heterocycles. The van der Waals surface area contributed by atoms with Gasteiger partial charge in [-0.15, -0.1) is 0 Å². The molecule has 0 fully saturated rings. The van der Waals surface area contributed by atoms with Gasteiger partial charge in [-0.3, -0.25) is 10.00 Å². The summed E-state index contributed by atoms with van der Waals surface area (Å²) in [4.78, 5) is 16.7. The van der Waals surface area contributed by atoms with Crippen LogP contribution in [0.3, 0.4) is 0 Å². The number of ether oxygens (including phenoxy) is 1. The zero-order valence-corrected chi connectivity index (χ0v) is 16.1. The van der Waals surface area contributed by atoms with Crippen molar-refractivity contribution in [2.75, 3.05) is 19.0 Å². The highest BCUT2D eigenvalue weighted by Gasteiger charge is 2.20. The Bertz CT molecular complexity index is 902. The lowest BCUT2D eigenvalue weighted by Gasteiger charge is -2.21. The molecule has 138 valence electrons. The van der Waals surface area contributed by atoms with Gasteiger partial charge in [-0.05, 0) is 30.2 Å². The molecule has 0 bridgehead atoms. The van der Waals surface area contributed by atoms with Crippen LogP contribution in [-0.2, 0) is 7.05 Å². The van der Waals surface area contributed by atoms with Crippen molar-refractivity contribution < 1.29 is 9.53 Å². The topological polar surface area (TPSA) is 81.1 Å². The fourth-order valence-electron chi connectivity index (χ4n) is 2.86. The molecule has 0 saturated carbocycles. The molecule has 8 heteroatoms. The number of nitrogens with zero attached hydrogens (tertiary/aromatic N) is 3. The van der Waals surface area contributed by atoms with Gasteiger partial charge >= 0.3 is 6.03 Å². The third-order valence-electron chi connectivity index (χ3n) is 4.34. The number of urea groups is 1. The van der Waals surface area contributed by atoms with E-state index in [2.05, 4.69) is 34.6 Å². The summed E-state index contributed by atoms with van der Waals surface area (Å²) < 4.78 is 8.04. The monoisotopic (exact) mass is 373 g/mol. The SMILES string of the molecule is COc1ccc2nc(NC(=O)NC[C@@H](c3ccnn3C)C(C)C)sc2c1. The summed E-state index contributed by atoms with van der Waals surface area (Å²) in [7, 11) is 3.54. The van der Waals surface area contributed by atoms with Crippen LogP contribution in [0, 0.1) is 5.92 Å². The van der Waals surface area contributed by atoms with E-state index in [1.165, 1.54) is 11.3 Å². The molecule has 0 aliphatic heterocycles. The summed E-state index contributed by atoms with van der Waals surface area (Å²) in [6.45, 7) is 4.80. The Hall–Kier alpha value is -2.61. The fourth-order valence-corrected chi connectivity index (χ4v) is 3.75. The molecule has 1 atom stereocenters. The fraction of sp³-hybridized carbons (Fsp3) is 0.389. The molecule has 26 heavy (non-hydrogen) atoms. The number of fused-ring (bicyclic) bond motifs is 1. The quantitative estimate of drug-likeness (QED) is 0.692. The van der Waals surface area contributed by atoms with Crippen molar-refractivity contribution in [1.29, 1.82) is 0 Å². The Balaban J connectivity index is 1.64. The first-order valence-electron chi connectivity index (χ1n) is 8.45. The number of carbonyl (C=O) groups excluding carboxylic acids is 1. The second-order valence-electron chi connectivity index (χ2n) is 6.42. The van der Waals surface area contributed by atoms with Crippen LogP contribution in [0.5, 0.6) is 5.75 Å². The number of hydrogen-bond acceptors (Lipinski definition) is 5. The predicted molar refractivity (Wildman–Crippen MR) is 104 cm³/mol. The molecule has 3 rings (SSSR count). The summed E-state index contributed by atoms with van der Waals surface area (Å²) in [5.41, 5.74) is 1.94. The van der Waals surface area contributed by atoms with Crippen LogP contribution in [0.1, 0.15) is 25.5 Å². The lowest BCUT2D eigenvalue weighted by atomic mass is 9.92. The van der Waals surface area contributed by atoms with Gasteiger partial charge in [0.2, 0.25) is 0 Å². The van der Waals surface area contributed by atoms with Gasteiger partial charge in [-0.2, -0.15) is 5.10 Å². The number of hydrogen-bond donors (Lipinski definition) is 2. The number of aryl methyl sites for hydroxylation is 1. The first-order chi connectivity index (χ1) is 12.5. The molecule has 0 unspecified atom stereocenters. The Labute approximate surface area is 156 Å². The van der Waals surface area contributed by atoms with Crippen molar-refractivity contribution >= 4 is 32.7 Å². The summed E-state index contributed by atoms with van der Waals surface area (Å²) >= 11 is 1.42. The third-order valence-corrected chi connectivity index (χ3v) is 5.28. The summed E-state index contributed by atoms with van der Waals surface area (Å²) in [6.07, 6.45) is 1.78. The van der Waals surface area contributed by atoms with Crippen molar-refractivity contribution in [2.45, 2.75) is 19.8 Å². The number of thiazole rings is 1. The minimum atomic E-state index is -0.260. The first kappa shape index (κ1) is 18.2. The number of methoxy groups -OCH3 is 1. The van der Waals surface area contributed by atoms with E-state index in [1.807, 2.05) is 36.0 Å². The van der Waals surface area contributed by atoms with E-state index in [1.54, 1.807) is 13.3 Å². The maximum absolute atomic E-state index is 12.3. The minimum Gasteiger partial charge on any atom is -0.497 e. The molecule has 0 saturated heterocycles. The van der Waals surface area contributed by atoms with Crippen LogP contribution in [0.25, 0.3) is 10.2 Å². The highest BCUT2D eigenvalue weighted by atomic mass is 32.1. The minimum absolute atomic E-state index is 0.188. The Morgan fingerprint density at radius 3 is 2.81 bits per heavy atom. The van der Waals surface area contributed by atoms with Crippen LogP contribution >= 0.6 is 11.3 Å². The lowest BCUT2D eigenvalue weighted by Crippen LogP contribution is -2.34. The first-order valence-corrected chi connectivity index (χ1v) is 9.27. The van der Waals surface area contributed by atoms with E-state index < -0.39 is 0 Å². The van der Waals surface area contributed by atoms with Gasteiger partial charge in [0, 0.05) is 31.4 Å². The van der Waals surface area contributed by atoms with Crippen LogP contribution in [0.4, 0.5) is 9.93 Å². The van der Waals surface area contributed by atoms with Crippen molar-refractivity contribution in [3.05, 3.63) is 36.2 Å². The van der Waals surface area contributed by atoms with Crippen molar-refractivity contribution in [3.8, 4) is 5.75 Å². The molecule has 7 nitrogen and oxygen atoms in total. The van der Waals surface area contributed by atoms with E-state index in [4.69, 9.17) is 4.74 Å². The second kappa shape index (κ2) is 7.74. The number of aromatic nitrogens is 3. The molecular weight excluding hydrogens is 350 g/mol. The molecule has 2 N–H and O–H groups in total. The van der Waals surface area contributed by atoms with E-state index in [0.29, 0.717) is 17.6 Å². The number of carbonyl (C=O) groups is 1. The molecule has 0 aliphatic rings. The second-order valence-corrected chi connectivity index (χ2v) is 7.45. The molecular formula is C18H23N5O2S. The Morgan fingerprint density at radius 2 is 2.15 bits per heavy atom. The normalized spacial score (nSPS) is 12.3. The van der Waals surface area contributed by atoms with E-state index in [-0.39, 0.29) is 11.9 Å². The highest BCUT2D eigenvalue weighted by Crippen LogP contribution is 2.29. The number of rotatable bonds is 6. The summed E-state index contributed by atoms with van der Waals surface area (Å²) in [5, 5.41) is 10.5. The van der Waals surface area contributed by atoms with Crippen LogP contribution in [0.2, 0.25) is 0 Å². The van der Waals surface area contributed by atoms with Crippen LogP contribution < -0.4 is 15.4 Å². The van der Waals surface area contributed by atoms with Gasteiger partial charge in [0.1, 0.15) is 5.75 Å². The zero-order valence-electron chi connectivity index (χ0n) is 15.3. The average Bonchev–Trinajstić information content (AvgIpc) is 3.19. The van der Waals surface area contributed by atoms with Gasteiger partial charge in [-0.1, -0.05) is 25.2 Å². The van der Waals surface area contributed by atoms with E-state index in [9.17, 15) is 4.79 Å². The highest BCUT2D eigenvalue weighted by molar-refractivity contribution is 7.22. The number of anilines is 1. The maximum atomic E-state index is 12.3. The van der Waals surface area contributed by atoms with E-state index in [0.717, 1.165) is 21.7 Å². The van der Waals surface area contributed by atoms with Crippen molar-refractivity contribution in [3.63, 3.8) is 0 Å². The summed E-state index contributed by atoms with van der Waals surface area (Å²) in [6, 6.07) is 7.38. The Kier molecular flexibility index (Phi) is 5.41. The smallest absolute Gasteiger partial charge is 0.321 e. The molecule has 3 aromatic rings. The van der Waals surface area contributed by atoms with E-state index >= 15 is 0 Å². The predicted octanol–water partition coefficient (Wildman–Crippen LogP) is 3.60. The molecule has 0 radical (unpaired) electrons. The van der Waals surface area contributed by atoms with Gasteiger partial charge in [0.25, 0.3) is 0 Å². The van der Waals surface area contributed by atoms with Crippen molar-refractivity contribution in [1.82, 2.24) is 20.1 Å². The zero-order chi connectivity index (χ0) is 18.7. The van der Waals surface area contributed by atoms with Gasteiger partial charge in [-0.25, -0.2) is 9.78 Å². The molecule has 2 amide bonds. The summed E-state index contributed by atoms with van der Waals surface area (Å²) in [5.74, 6) is 1.33. The van der Waals surface area contributed by atoms with Gasteiger partial charge in [0.05, 0.1) is 17.3 Å². The number of nitrogens with one attached hydrogen (secondary N) is 2. The third kappa shape index (κ3) is 3.96. The molecule has 2 aromatic heterocycles.